The van der Waals surface area contributed by atoms with Gasteiger partial charge >= 0.3 is 0 Å². The first-order valence-electron chi connectivity index (χ1n) is 9.03. The standard InChI is InChI=1S/C19H21N7O.ClH/c1-13-21-10-7-17(22-13)14-3-2-4-15(11-14)23-19(27)18-12-26(25-24-18)16-5-8-20-9-6-16;/h2-4,7,10-12,16,20H,5-6,8-9H2,1H3,(H,23,27);1H. The van der Waals surface area contributed by atoms with Gasteiger partial charge in [0, 0.05) is 17.4 Å². The van der Waals surface area contributed by atoms with Gasteiger partial charge in [0.1, 0.15) is 5.82 Å². The zero-order valence-corrected chi connectivity index (χ0v) is 16.3. The van der Waals surface area contributed by atoms with Gasteiger partial charge in [-0.1, -0.05) is 17.3 Å². The highest BCUT2D eigenvalue weighted by molar-refractivity contribution is 6.02. The van der Waals surface area contributed by atoms with Gasteiger partial charge in [0.05, 0.1) is 17.9 Å². The van der Waals surface area contributed by atoms with Crippen LogP contribution in [0, 0.1) is 6.92 Å². The highest BCUT2D eigenvalue weighted by Gasteiger charge is 2.19. The van der Waals surface area contributed by atoms with E-state index in [1.165, 1.54) is 0 Å². The second kappa shape index (κ2) is 8.90. The van der Waals surface area contributed by atoms with E-state index in [0.717, 1.165) is 37.2 Å². The summed E-state index contributed by atoms with van der Waals surface area (Å²) >= 11 is 0. The van der Waals surface area contributed by atoms with Crippen LogP contribution in [0.2, 0.25) is 0 Å². The molecule has 0 unspecified atom stereocenters. The second-order valence-corrected chi connectivity index (χ2v) is 6.59. The van der Waals surface area contributed by atoms with Crippen LogP contribution >= 0.6 is 12.4 Å². The Kier molecular flexibility index (Phi) is 6.33. The minimum absolute atomic E-state index is 0. The first kappa shape index (κ1) is 19.9. The molecule has 3 heterocycles. The Balaban J connectivity index is 0.00000225. The molecule has 1 aromatic carbocycles. The van der Waals surface area contributed by atoms with Crippen LogP contribution in [-0.2, 0) is 0 Å². The summed E-state index contributed by atoms with van der Waals surface area (Å²) in [7, 11) is 0. The number of aryl methyl sites for hydroxylation is 1. The van der Waals surface area contributed by atoms with Crippen LogP contribution in [0.5, 0.6) is 0 Å². The quantitative estimate of drug-likeness (QED) is 0.699. The van der Waals surface area contributed by atoms with Crippen LogP contribution in [0.3, 0.4) is 0 Å². The maximum absolute atomic E-state index is 12.5. The van der Waals surface area contributed by atoms with Gasteiger partial charge in [0.2, 0.25) is 0 Å². The number of nitrogens with one attached hydrogen (secondary N) is 2. The molecule has 1 fully saturated rings. The summed E-state index contributed by atoms with van der Waals surface area (Å²) in [6.45, 7) is 3.77. The van der Waals surface area contributed by atoms with Crippen molar-refractivity contribution in [3.05, 3.63) is 54.2 Å². The van der Waals surface area contributed by atoms with Gasteiger partial charge in [0.15, 0.2) is 5.69 Å². The van der Waals surface area contributed by atoms with Crippen LogP contribution in [-0.4, -0.2) is 44.0 Å². The van der Waals surface area contributed by atoms with E-state index in [4.69, 9.17) is 0 Å². The van der Waals surface area contributed by atoms with Gasteiger partial charge in [-0.15, -0.1) is 17.5 Å². The highest BCUT2D eigenvalue weighted by atomic mass is 35.5. The number of rotatable bonds is 4. The predicted octanol–water partition coefficient (Wildman–Crippen LogP) is 2.64. The summed E-state index contributed by atoms with van der Waals surface area (Å²) in [5.41, 5.74) is 2.73. The smallest absolute Gasteiger partial charge is 0.277 e. The fourth-order valence-electron chi connectivity index (χ4n) is 3.20. The predicted molar refractivity (Wildman–Crippen MR) is 109 cm³/mol. The lowest BCUT2D eigenvalue weighted by molar-refractivity contribution is 0.102. The third kappa shape index (κ3) is 4.52. The van der Waals surface area contributed by atoms with Crippen molar-refractivity contribution >= 4 is 24.0 Å². The molecule has 4 rings (SSSR count). The van der Waals surface area contributed by atoms with Crippen LogP contribution < -0.4 is 10.6 Å². The molecule has 0 bridgehead atoms. The molecule has 3 aromatic rings. The molecular weight excluding hydrogens is 378 g/mol. The summed E-state index contributed by atoms with van der Waals surface area (Å²) in [5, 5.41) is 14.4. The Morgan fingerprint density at radius 1 is 1.25 bits per heavy atom. The molecule has 0 radical (unpaired) electrons. The number of piperidine rings is 1. The Morgan fingerprint density at radius 2 is 2.07 bits per heavy atom. The van der Waals surface area contributed by atoms with Crippen LogP contribution in [0.1, 0.15) is 35.2 Å². The minimum Gasteiger partial charge on any atom is -0.321 e. The number of hydrogen-bond acceptors (Lipinski definition) is 6. The maximum atomic E-state index is 12.5. The lowest BCUT2D eigenvalue weighted by Gasteiger charge is -2.22. The SMILES string of the molecule is Cc1nccc(-c2cccc(NC(=O)c3cn(C4CCNCC4)nn3)c2)n1.Cl. The monoisotopic (exact) mass is 399 g/mol. The largest absolute Gasteiger partial charge is 0.321 e. The molecular formula is C19H22ClN7O. The molecule has 146 valence electrons. The number of carbonyl (C=O) groups is 1. The molecule has 1 aliphatic rings. The van der Waals surface area contributed by atoms with Crippen molar-refractivity contribution in [2.75, 3.05) is 18.4 Å². The number of benzene rings is 1. The highest BCUT2D eigenvalue weighted by Crippen LogP contribution is 2.21. The summed E-state index contributed by atoms with van der Waals surface area (Å²) in [4.78, 5) is 21.1. The molecule has 2 N–H and O–H groups in total. The molecule has 0 saturated carbocycles. The number of halogens is 1. The topological polar surface area (TPSA) is 97.6 Å². The van der Waals surface area contributed by atoms with Gasteiger partial charge in [-0.2, -0.15) is 0 Å². The van der Waals surface area contributed by atoms with E-state index < -0.39 is 0 Å². The zero-order valence-electron chi connectivity index (χ0n) is 15.5. The van der Waals surface area contributed by atoms with Crippen molar-refractivity contribution in [2.45, 2.75) is 25.8 Å². The van der Waals surface area contributed by atoms with Gasteiger partial charge in [0.25, 0.3) is 5.91 Å². The van der Waals surface area contributed by atoms with Crippen molar-refractivity contribution < 1.29 is 4.79 Å². The summed E-state index contributed by atoms with van der Waals surface area (Å²) in [6.07, 6.45) is 5.43. The Morgan fingerprint density at radius 3 is 2.86 bits per heavy atom. The van der Waals surface area contributed by atoms with E-state index in [1.54, 1.807) is 17.1 Å². The third-order valence-corrected chi connectivity index (χ3v) is 4.62. The normalized spacial score (nSPS) is 14.3. The van der Waals surface area contributed by atoms with Crippen molar-refractivity contribution in [1.82, 2.24) is 30.3 Å². The number of aromatic nitrogens is 5. The van der Waals surface area contributed by atoms with E-state index in [1.807, 2.05) is 37.3 Å². The summed E-state index contributed by atoms with van der Waals surface area (Å²) in [6, 6.07) is 9.70. The Labute approximate surface area is 169 Å². The molecule has 0 spiro atoms. The average molecular weight is 400 g/mol. The van der Waals surface area contributed by atoms with Gasteiger partial charge in [-0.25, -0.2) is 14.6 Å². The van der Waals surface area contributed by atoms with Gasteiger partial charge < -0.3 is 10.6 Å². The maximum Gasteiger partial charge on any atom is 0.277 e. The van der Waals surface area contributed by atoms with E-state index in [2.05, 4.69) is 30.9 Å². The molecule has 1 aliphatic heterocycles. The average Bonchev–Trinajstić information content (AvgIpc) is 3.19. The van der Waals surface area contributed by atoms with E-state index in [0.29, 0.717) is 23.2 Å². The lowest BCUT2D eigenvalue weighted by Crippen LogP contribution is -2.29. The molecule has 2 aromatic heterocycles. The van der Waals surface area contributed by atoms with Crippen molar-refractivity contribution in [3.63, 3.8) is 0 Å². The van der Waals surface area contributed by atoms with Crippen molar-refractivity contribution in [1.29, 1.82) is 0 Å². The molecule has 0 aliphatic carbocycles. The number of nitrogens with zero attached hydrogens (tertiary/aromatic N) is 5. The van der Waals surface area contributed by atoms with E-state index >= 15 is 0 Å². The van der Waals surface area contributed by atoms with Crippen molar-refractivity contribution in [3.8, 4) is 11.3 Å². The Hall–Kier alpha value is -2.84. The summed E-state index contributed by atoms with van der Waals surface area (Å²) < 4.78 is 1.80. The first-order chi connectivity index (χ1) is 13.2. The molecule has 28 heavy (non-hydrogen) atoms. The molecule has 1 amide bonds. The number of carbonyl (C=O) groups excluding carboxylic acids is 1. The number of anilines is 1. The molecule has 0 atom stereocenters. The minimum atomic E-state index is -0.272. The fraction of sp³-hybridized carbons (Fsp3) is 0.316. The van der Waals surface area contributed by atoms with Crippen molar-refractivity contribution in [2.24, 2.45) is 0 Å². The van der Waals surface area contributed by atoms with Gasteiger partial charge in [-0.3, -0.25) is 4.79 Å². The van der Waals surface area contributed by atoms with Crippen LogP contribution in [0.4, 0.5) is 5.69 Å². The molecule has 1 saturated heterocycles. The number of amides is 1. The Bertz CT molecular complexity index is 953. The van der Waals surface area contributed by atoms with Crippen LogP contribution in [0.25, 0.3) is 11.3 Å². The van der Waals surface area contributed by atoms with Gasteiger partial charge in [-0.05, 0) is 51.1 Å². The third-order valence-electron chi connectivity index (χ3n) is 4.62. The molecule has 9 heteroatoms. The first-order valence-corrected chi connectivity index (χ1v) is 9.03. The van der Waals surface area contributed by atoms with E-state index in [9.17, 15) is 4.79 Å². The fourth-order valence-corrected chi connectivity index (χ4v) is 3.20. The zero-order chi connectivity index (χ0) is 18.6. The summed E-state index contributed by atoms with van der Waals surface area (Å²) in [5.74, 6) is 0.433. The van der Waals surface area contributed by atoms with Crippen LogP contribution in [0.15, 0.2) is 42.7 Å². The lowest BCUT2D eigenvalue weighted by atomic mass is 10.1. The molecule has 8 nitrogen and oxygen atoms in total. The van der Waals surface area contributed by atoms with E-state index in [-0.39, 0.29) is 18.3 Å². The second-order valence-electron chi connectivity index (χ2n) is 6.59. The number of hydrogen-bond donors (Lipinski definition) is 2.